The Morgan fingerprint density at radius 3 is 2.68 bits per heavy atom. The largest absolute Gasteiger partial charge is 0.369 e. The molecule has 0 spiro atoms. The molecule has 0 aliphatic carbocycles. The van der Waals surface area contributed by atoms with Gasteiger partial charge in [-0.2, -0.15) is 5.10 Å². The highest BCUT2D eigenvalue weighted by Crippen LogP contribution is 2.47. The second-order valence-electron chi connectivity index (χ2n) is 8.47. The molecule has 1 aromatic carbocycles. The predicted octanol–water partition coefficient (Wildman–Crippen LogP) is 4.26. The maximum atomic E-state index is 15.3. The molecule has 2 N–H and O–H groups in total. The normalized spacial score (nSPS) is 22.9. The number of nitrogens with two attached hydrogens (primary N) is 1. The number of pyridine rings is 1. The maximum Gasteiger partial charge on any atom is 0.203 e. The molecule has 34 heavy (non-hydrogen) atoms. The Hall–Kier alpha value is -2.95. The van der Waals surface area contributed by atoms with E-state index in [1.54, 1.807) is 36.3 Å². The van der Waals surface area contributed by atoms with Crippen LogP contribution in [0.5, 0.6) is 0 Å². The van der Waals surface area contributed by atoms with Gasteiger partial charge in [-0.25, -0.2) is 13.6 Å². The van der Waals surface area contributed by atoms with Gasteiger partial charge in [0.1, 0.15) is 11.4 Å². The van der Waals surface area contributed by atoms with Gasteiger partial charge in [-0.05, 0) is 37.1 Å². The number of thiophene rings is 1. The zero-order valence-electron chi connectivity index (χ0n) is 18.7. The van der Waals surface area contributed by atoms with Gasteiger partial charge < -0.3 is 5.73 Å². The number of aliphatic imine (C=N–C) groups is 1. The maximum absolute atomic E-state index is 15.3. The van der Waals surface area contributed by atoms with Crippen molar-refractivity contribution in [2.45, 2.75) is 12.5 Å². The van der Waals surface area contributed by atoms with Crippen LogP contribution in [0.1, 0.15) is 11.8 Å². The molecule has 4 aromatic rings. The van der Waals surface area contributed by atoms with Crippen LogP contribution in [0.2, 0.25) is 5.02 Å². The third-order valence-electron chi connectivity index (χ3n) is 6.06. The molecule has 0 bridgehead atoms. The van der Waals surface area contributed by atoms with Crippen molar-refractivity contribution in [3.63, 3.8) is 0 Å². The van der Waals surface area contributed by atoms with E-state index in [4.69, 9.17) is 17.3 Å². The van der Waals surface area contributed by atoms with Gasteiger partial charge in [0.2, 0.25) is 5.96 Å². The molecular formula is C23H22ClFN6OS2. The quantitative estimate of drug-likeness (QED) is 0.412. The molecular weight excluding hydrogens is 495 g/mol. The summed E-state index contributed by atoms with van der Waals surface area (Å²) in [6.07, 6.45) is 3.27. The average Bonchev–Trinajstić information content (AvgIpc) is 3.35. The minimum atomic E-state index is -2.68. The summed E-state index contributed by atoms with van der Waals surface area (Å²) in [5, 5.41) is 5.34. The average molecular weight is 517 g/mol. The summed E-state index contributed by atoms with van der Waals surface area (Å²) in [6.45, 7) is 1.84. The summed E-state index contributed by atoms with van der Waals surface area (Å²) in [7, 11) is 0.742. The van der Waals surface area contributed by atoms with Crippen LogP contribution in [0.25, 0.3) is 32.6 Å². The SMILES string of the molecule is C=S1(=O)C[C@@](C)(c2sc3c(-c4ccc(-c5ccnn5C)cc4F)nccc3c2Cl)N=C(N)N1C. The standard InChI is InChI=1S/C23H22ClFN6OS2/c1-23(12-34(4,32)31(3)22(26)29-23)21-18(24)15-7-9-27-19(20(15)33-21)14-6-5-13(11-16(14)25)17-8-10-28-30(17)2/h5-11H,4,12H2,1-3H3,(H2,26,29)/t23-,34?/m0/s1. The summed E-state index contributed by atoms with van der Waals surface area (Å²) in [5.41, 5.74) is 7.49. The number of hydrogen-bond donors (Lipinski definition) is 1. The van der Waals surface area contributed by atoms with Gasteiger partial charge in [0.15, 0.2) is 0 Å². The lowest BCUT2D eigenvalue weighted by Gasteiger charge is -2.36. The number of aromatic nitrogens is 3. The second-order valence-corrected chi connectivity index (χ2v) is 12.3. The van der Waals surface area contributed by atoms with Gasteiger partial charge in [0.25, 0.3) is 0 Å². The van der Waals surface area contributed by atoms with Crippen molar-refractivity contribution in [2.24, 2.45) is 17.8 Å². The fourth-order valence-electron chi connectivity index (χ4n) is 4.23. The Balaban J connectivity index is 1.66. The smallest absolute Gasteiger partial charge is 0.203 e. The molecule has 1 aliphatic rings. The van der Waals surface area contributed by atoms with E-state index in [0.717, 1.165) is 15.8 Å². The van der Waals surface area contributed by atoms with Crippen molar-refractivity contribution in [3.8, 4) is 22.5 Å². The van der Waals surface area contributed by atoms with Crippen LogP contribution in [0, 0.1) is 5.82 Å². The summed E-state index contributed by atoms with van der Waals surface area (Å²) >= 11 is 8.17. The van der Waals surface area contributed by atoms with E-state index < -0.39 is 21.1 Å². The van der Waals surface area contributed by atoms with Gasteiger partial charge in [0, 0.05) is 43.0 Å². The third kappa shape index (κ3) is 3.48. The molecule has 0 fully saturated rings. The lowest BCUT2D eigenvalue weighted by molar-refractivity contribution is 0.522. The molecule has 0 amide bonds. The second kappa shape index (κ2) is 7.79. The number of nitrogens with zero attached hydrogens (tertiary/aromatic N) is 5. The van der Waals surface area contributed by atoms with Gasteiger partial charge in [-0.15, -0.1) is 11.3 Å². The zero-order valence-corrected chi connectivity index (χ0v) is 21.1. The van der Waals surface area contributed by atoms with E-state index in [0.29, 0.717) is 26.7 Å². The Morgan fingerprint density at radius 2 is 2.03 bits per heavy atom. The fraction of sp³-hybridized carbons (Fsp3) is 0.217. The molecule has 2 atom stereocenters. The highest BCUT2D eigenvalue weighted by Gasteiger charge is 2.40. The topological polar surface area (TPSA) is 89.4 Å². The van der Waals surface area contributed by atoms with E-state index in [-0.39, 0.29) is 11.7 Å². The number of rotatable bonds is 3. The minimum Gasteiger partial charge on any atom is -0.369 e. The monoisotopic (exact) mass is 516 g/mol. The van der Waals surface area contributed by atoms with Crippen LogP contribution in [0.4, 0.5) is 4.39 Å². The van der Waals surface area contributed by atoms with Gasteiger partial charge in [-0.3, -0.25) is 14.0 Å². The minimum absolute atomic E-state index is 0.136. The molecule has 7 nitrogen and oxygen atoms in total. The highest BCUT2D eigenvalue weighted by atomic mass is 35.5. The number of halogens is 2. The Morgan fingerprint density at radius 1 is 1.26 bits per heavy atom. The van der Waals surface area contributed by atoms with Crippen LogP contribution in [-0.2, 0) is 22.3 Å². The number of benzene rings is 1. The molecule has 1 aliphatic heterocycles. The summed E-state index contributed by atoms with van der Waals surface area (Å²) in [4.78, 5) is 9.78. The summed E-state index contributed by atoms with van der Waals surface area (Å²) in [5.74, 6) is 3.75. The Labute approximate surface area is 205 Å². The molecule has 0 radical (unpaired) electrons. The molecule has 176 valence electrons. The van der Waals surface area contributed by atoms with E-state index in [1.165, 1.54) is 21.7 Å². The van der Waals surface area contributed by atoms with Crippen LogP contribution in [0.3, 0.4) is 0 Å². The van der Waals surface area contributed by atoms with Crippen molar-refractivity contribution in [2.75, 3.05) is 12.8 Å². The number of hydrogen-bond acceptors (Lipinski definition) is 6. The molecule has 1 unspecified atom stereocenters. The van der Waals surface area contributed by atoms with E-state index in [2.05, 4.69) is 20.9 Å². The molecule has 5 rings (SSSR count). The van der Waals surface area contributed by atoms with Gasteiger partial charge in [0.05, 0.1) is 41.4 Å². The first kappa shape index (κ1) is 22.8. The number of guanidine groups is 1. The lowest BCUT2D eigenvalue weighted by atomic mass is 10.0. The lowest BCUT2D eigenvalue weighted by Crippen LogP contribution is -2.50. The van der Waals surface area contributed by atoms with Gasteiger partial charge >= 0.3 is 0 Å². The third-order valence-corrected chi connectivity index (χ3v) is 10.2. The van der Waals surface area contributed by atoms with Gasteiger partial charge in [-0.1, -0.05) is 17.7 Å². The van der Waals surface area contributed by atoms with Crippen LogP contribution < -0.4 is 5.73 Å². The highest BCUT2D eigenvalue weighted by molar-refractivity contribution is 7.98. The van der Waals surface area contributed by atoms with Crippen molar-refractivity contribution >= 4 is 54.6 Å². The van der Waals surface area contributed by atoms with Crippen LogP contribution in [0.15, 0.2) is 47.7 Å². The van der Waals surface area contributed by atoms with Crippen LogP contribution >= 0.6 is 22.9 Å². The first-order valence-corrected chi connectivity index (χ1v) is 13.4. The van der Waals surface area contributed by atoms with Crippen molar-refractivity contribution in [1.82, 2.24) is 19.1 Å². The Bertz CT molecular complexity index is 1590. The number of aryl methyl sites for hydroxylation is 1. The molecule has 4 heterocycles. The first-order valence-electron chi connectivity index (χ1n) is 10.3. The van der Waals surface area contributed by atoms with E-state index in [9.17, 15) is 4.21 Å². The van der Waals surface area contributed by atoms with Crippen LogP contribution in [-0.4, -0.2) is 47.9 Å². The first-order chi connectivity index (χ1) is 16.0. The molecule has 11 heteroatoms. The van der Waals surface area contributed by atoms with Crippen molar-refractivity contribution in [1.29, 1.82) is 0 Å². The number of fused-ring (bicyclic) bond motifs is 1. The predicted molar refractivity (Wildman–Crippen MR) is 139 cm³/mol. The summed E-state index contributed by atoms with van der Waals surface area (Å²) < 4.78 is 32.2. The van der Waals surface area contributed by atoms with Crippen molar-refractivity contribution in [3.05, 3.63) is 58.4 Å². The van der Waals surface area contributed by atoms with E-state index in [1.807, 2.05) is 26.1 Å². The zero-order chi connectivity index (χ0) is 24.4. The van der Waals surface area contributed by atoms with Crippen molar-refractivity contribution < 1.29 is 8.60 Å². The Kier molecular flexibility index (Phi) is 5.23. The molecule has 0 saturated heterocycles. The molecule has 3 aromatic heterocycles. The van der Waals surface area contributed by atoms with E-state index >= 15 is 4.39 Å². The summed E-state index contributed by atoms with van der Waals surface area (Å²) in [6, 6.07) is 8.64. The fourth-order valence-corrected chi connectivity index (χ4v) is 7.80. The molecule has 0 saturated carbocycles.